The number of hydrogen-bond acceptors (Lipinski definition) is 2. The largest absolute Gasteiger partial charge is 0.416 e. The second-order valence-electron chi connectivity index (χ2n) is 5.12. The Balaban J connectivity index is 2.13. The van der Waals surface area contributed by atoms with Gasteiger partial charge in [0.15, 0.2) is 0 Å². The smallest absolute Gasteiger partial charge is 0.391 e. The van der Waals surface area contributed by atoms with Crippen molar-refractivity contribution in [2.75, 3.05) is 0 Å². The van der Waals surface area contributed by atoms with E-state index in [1.165, 1.54) is 12.1 Å². The molecule has 2 aromatic rings. The molecule has 6 heteroatoms. The minimum absolute atomic E-state index is 0.0615. The number of aromatic nitrogens is 2. The van der Waals surface area contributed by atoms with Gasteiger partial charge in [-0.2, -0.15) is 18.3 Å². The number of hydrogen-bond donors (Lipinski definition) is 1. The Morgan fingerprint density at radius 3 is 2.48 bits per heavy atom. The fourth-order valence-electron chi connectivity index (χ4n) is 2.35. The minimum atomic E-state index is -4.41. The van der Waals surface area contributed by atoms with E-state index >= 15 is 0 Å². The third-order valence-corrected chi connectivity index (χ3v) is 3.27. The Labute approximate surface area is 121 Å². The average Bonchev–Trinajstić information content (AvgIpc) is 2.67. The molecule has 1 heterocycles. The Morgan fingerprint density at radius 1 is 1.24 bits per heavy atom. The molecule has 0 unspecified atom stereocenters. The molecule has 1 atom stereocenters. The maximum absolute atomic E-state index is 12.9. The van der Waals surface area contributed by atoms with Gasteiger partial charge < -0.3 is 5.11 Å². The van der Waals surface area contributed by atoms with Crippen molar-refractivity contribution in [2.24, 2.45) is 0 Å². The number of aliphatic hydroxyl groups is 1. The van der Waals surface area contributed by atoms with Gasteiger partial charge in [0, 0.05) is 12.1 Å². The molecule has 1 aromatic carbocycles. The summed E-state index contributed by atoms with van der Waals surface area (Å²) in [5, 5.41) is 14.2. The Bertz CT molecular complexity index is 620. The van der Waals surface area contributed by atoms with Crippen LogP contribution in [0.25, 0.3) is 0 Å². The molecule has 3 nitrogen and oxygen atoms in total. The maximum Gasteiger partial charge on any atom is 0.416 e. The van der Waals surface area contributed by atoms with Crippen molar-refractivity contribution < 1.29 is 18.3 Å². The second kappa shape index (κ2) is 5.89. The lowest BCUT2D eigenvalue weighted by atomic mass is 10.0. The molecule has 0 spiro atoms. The molecule has 0 amide bonds. The molecule has 0 saturated carbocycles. The molecule has 0 saturated heterocycles. The van der Waals surface area contributed by atoms with Crippen LogP contribution in [0.15, 0.2) is 30.3 Å². The summed E-state index contributed by atoms with van der Waals surface area (Å²) in [5.74, 6) is 0. The summed E-state index contributed by atoms with van der Waals surface area (Å²) in [6.45, 7) is 3.84. The van der Waals surface area contributed by atoms with Crippen molar-refractivity contribution in [1.82, 2.24) is 9.78 Å². The van der Waals surface area contributed by atoms with Gasteiger partial charge in [-0.25, -0.2) is 0 Å². The van der Waals surface area contributed by atoms with E-state index < -0.39 is 17.8 Å². The number of rotatable bonds is 4. The lowest BCUT2D eigenvalue weighted by molar-refractivity contribution is -0.138. The van der Waals surface area contributed by atoms with Crippen LogP contribution in [-0.2, 0) is 19.1 Å². The van der Waals surface area contributed by atoms with Crippen LogP contribution in [0.1, 0.15) is 22.5 Å². The van der Waals surface area contributed by atoms with Gasteiger partial charge >= 0.3 is 6.18 Å². The summed E-state index contributed by atoms with van der Waals surface area (Å²) in [6, 6.07) is 7.18. The Morgan fingerprint density at radius 2 is 1.90 bits per heavy atom. The van der Waals surface area contributed by atoms with Crippen LogP contribution in [0, 0.1) is 13.8 Å². The van der Waals surface area contributed by atoms with E-state index in [1.54, 1.807) is 10.7 Å². The predicted octanol–water partition coefficient (Wildman–Crippen LogP) is 3.12. The second-order valence-corrected chi connectivity index (χ2v) is 5.12. The van der Waals surface area contributed by atoms with Crippen LogP contribution in [0.3, 0.4) is 0 Å². The molecule has 2 rings (SSSR count). The summed E-state index contributed by atoms with van der Waals surface area (Å²) in [4.78, 5) is 0. The van der Waals surface area contributed by atoms with Crippen molar-refractivity contribution in [3.05, 3.63) is 52.8 Å². The molecule has 1 N–H and O–H groups in total. The number of aryl methyl sites for hydroxylation is 2. The van der Waals surface area contributed by atoms with E-state index in [9.17, 15) is 18.3 Å². The molecule has 0 fully saturated rings. The van der Waals surface area contributed by atoms with Gasteiger partial charge in [-0.3, -0.25) is 4.68 Å². The van der Waals surface area contributed by atoms with Gasteiger partial charge in [-0.15, -0.1) is 0 Å². The number of halogens is 3. The van der Waals surface area contributed by atoms with Crippen LogP contribution < -0.4 is 0 Å². The summed E-state index contributed by atoms with van der Waals surface area (Å²) in [5.41, 5.74) is 1.09. The standard InChI is InChI=1S/C15H17F3N2O/c1-10-7-11(2)20(19-10)9-13(21)8-12-5-3-4-6-14(12)15(16,17)18/h3-7,13,21H,8-9H2,1-2H3/t13-/m1/s1. The van der Waals surface area contributed by atoms with E-state index in [2.05, 4.69) is 5.10 Å². The van der Waals surface area contributed by atoms with Gasteiger partial charge in [0.05, 0.1) is 23.9 Å². The summed E-state index contributed by atoms with van der Waals surface area (Å²) in [7, 11) is 0. The van der Waals surface area contributed by atoms with Gasteiger partial charge in [0.2, 0.25) is 0 Å². The first-order valence-corrected chi connectivity index (χ1v) is 6.61. The predicted molar refractivity (Wildman–Crippen MR) is 72.9 cm³/mol. The van der Waals surface area contributed by atoms with Crippen molar-refractivity contribution in [3.8, 4) is 0 Å². The highest BCUT2D eigenvalue weighted by Gasteiger charge is 2.33. The fourth-order valence-corrected chi connectivity index (χ4v) is 2.35. The molecule has 0 aliphatic rings. The van der Waals surface area contributed by atoms with Crippen LogP contribution in [0.4, 0.5) is 13.2 Å². The van der Waals surface area contributed by atoms with Gasteiger partial charge in [-0.1, -0.05) is 18.2 Å². The van der Waals surface area contributed by atoms with Crippen molar-refractivity contribution >= 4 is 0 Å². The quantitative estimate of drug-likeness (QED) is 0.942. The molecule has 0 radical (unpaired) electrons. The normalized spacial score (nSPS) is 13.4. The topological polar surface area (TPSA) is 38.0 Å². The SMILES string of the molecule is Cc1cc(C)n(C[C@H](O)Cc2ccccc2C(F)(F)F)n1. The molecule has 0 bridgehead atoms. The highest BCUT2D eigenvalue weighted by atomic mass is 19.4. The van der Waals surface area contributed by atoms with Gasteiger partial charge in [0.25, 0.3) is 0 Å². The number of alkyl halides is 3. The van der Waals surface area contributed by atoms with Crippen molar-refractivity contribution in [2.45, 2.75) is 39.1 Å². The Kier molecular flexibility index (Phi) is 4.37. The Hall–Kier alpha value is -1.82. The van der Waals surface area contributed by atoms with Gasteiger partial charge in [0.1, 0.15) is 0 Å². The van der Waals surface area contributed by atoms with E-state index in [1.807, 2.05) is 19.9 Å². The van der Waals surface area contributed by atoms with E-state index in [-0.39, 0.29) is 18.5 Å². The van der Waals surface area contributed by atoms with Gasteiger partial charge in [-0.05, 0) is 31.5 Å². The summed E-state index contributed by atoms with van der Waals surface area (Å²) >= 11 is 0. The fraction of sp³-hybridized carbons (Fsp3) is 0.400. The average molecular weight is 298 g/mol. The minimum Gasteiger partial charge on any atom is -0.391 e. The lowest BCUT2D eigenvalue weighted by Gasteiger charge is -2.16. The number of nitrogens with zero attached hydrogens (tertiary/aromatic N) is 2. The van der Waals surface area contributed by atoms with E-state index in [4.69, 9.17) is 0 Å². The molecule has 1 aromatic heterocycles. The summed E-state index contributed by atoms with van der Waals surface area (Å²) in [6.07, 6.45) is -5.39. The molecule has 21 heavy (non-hydrogen) atoms. The van der Waals surface area contributed by atoms with Crippen LogP contribution >= 0.6 is 0 Å². The first-order valence-electron chi connectivity index (χ1n) is 6.61. The van der Waals surface area contributed by atoms with E-state index in [0.29, 0.717) is 0 Å². The monoisotopic (exact) mass is 298 g/mol. The molecule has 0 aliphatic heterocycles. The summed E-state index contributed by atoms with van der Waals surface area (Å²) < 4.78 is 40.3. The van der Waals surface area contributed by atoms with Crippen LogP contribution in [0.2, 0.25) is 0 Å². The molecule has 114 valence electrons. The first kappa shape index (κ1) is 15.6. The zero-order valence-corrected chi connectivity index (χ0v) is 11.9. The molecular weight excluding hydrogens is 281 g/mol. The van der Waals surface area contributed by atoms with E-state index in [0.717, 1.165) is 17.5 Å². The van der Waals surface area contributed by atoms with Crippen LogP contribution in [0.5, 0.6) is 0 Å². The molecular formula is C15H17F3N2O. The number of benzene rings is 1. The highest BCUT2D eigenvalue weighted by molar-refractivity contribution is 5.30. The first-order chi connectivity index (χ1) is 9.77. The van der Waals surface area contributed by atoms with Crippen molar-refractivity contribution in [3.63, 3.8) is 0 Å². The van der Waals surface area contributed by atoms with Crippen LogP contribution in [-0.4, -0.2) is 21.0 Å². The zero-order valence-electron chi connectivity index (χ0n) is 11.9. The third kappa shape index (κ3) is 3.85. The van der Waals surface area contributed by atoms with Crippen molar-refractivity contribution in [1.29, 1.82) is 0 Å². The zero-order chi connectivity index (χ0) is 15.6. The highest BCUT2D eigenvalue weighted by Crippen LogP contribution is 2.32. The number of aliphatic hydroxyl groups excluding tert-OH is 1. The third-order valence-electron chi connectivity index (χ3n) is 3.27. The lowest BCUT2D eigenvalue weighted by Crippen LogP contribution is -2.22. The molecule has 0 aliphatic carbocycles. The maximum atomic E-state index is 12.9.